The Labute approximate surface area is 204 Å². The largest absolute Gasteiger partial charge is 0.491 e. The summed E-state index contributed by atoms with van der Waals surface area (Å²) in [5.41, 5.74) is 8.19. The zero-order valence-electron chi connectivity index (χ0n) is 19.5. The lowest BCUT2D eigenvalue weighted by Crippen LogP contribution is -2.31. The van der Waals surface area contributed by atoms with E-state index in [9.17, 15) is 14.4 Å². The molecule has 2 aliphatic heterocycles. The second kappa shape index (κ2) is 11.0. The fraction of sp³-hybridized carbons (Fsp3) is 0.385. The zero-order chi connectivity index (χ0) is 24.8. The number of carbonyl (C=O) groups is 3. The molecular formula is C26H30N4O5. The van der Waals surface area contributed by atoms with Crippen molar-refractivity contribution in [2.24, 2.45) is 11.7 Å². The van der Waals surface area contributed by atoms with E-state index < -0.39 is 11.9 Å². The number of carbonyl (C=O) groups excluding carboxylic acids is 3. The number of nitrogens with two attached hydrogens (primary N) is 1. The Hall–Kier alpha value is -3.88. The molecule has 2 aliphatic rings. The second-order valence-electron chi connectivity index (χ2n) is 8.87. The molecule has 9 heteroatoms. The van der Waals surface area contributed by atoms with Crippen molar-refractivity contribution >= 4 is 23.6 Å². The molecule has 4 N–H and O–H groups in total. The van der Waals surface area contributed by atoms with Crippen molar-refractivity contribution in [1.29, 1.82) is 5.41 Å². The predicted molar refractivity (Wildman–Crippen MR) is 130 cm³/mol. The van der Waals surface area contributed by atoms with Gasteiger partial charge in [-0.3, -0.25) is 19.8 Å². The van der Waals surface area contributed by atoms with E-state index in [1.165, 1.54) is 0 Å². The first-order valence-electron chi connectivity index (χ1n) is 11.8. The molecule has 2 fully saturated rings. The molecule has 2 aromatic rings. The highest BCUT2D eigenvalue weighted by atomic mass is 16.5. The van der Waals surface area contributed by atoms with Crippen LogP contribution >= 0.6 is 0 Å². The Morgan fingerprint density at radius 1 is 1.09 bits per heavy atom. The van der Waals surface area contributed by atoms with Gasteiger partial charge in [0.15, 0.2) is 0 Å². The highest BCUT2D eigenvalue weighted by molar-refractivity contribution is 5.95. The average molecular weight is 479 g/mol. The fourth-order valence-corrected chi connectivity index (χ4v) is 4.37. The van der Waals surface area contributed by atoms with Crippen molar-refractivity contribution in [3.8, 4) is 16.9 Å². The van der Waals surface area contributed by atoms with E-state index in [1.54, 1.807) is 4.90 Å². The predicted octanol–water partition coefficient (Wildman–Crippen LogP) is 2.08. The molecule has 0 radical (unpaired) electrons. The summed E-state index contributed by atoms with van der Waals surface area (Å²) in [6.45, 7) is 1.57. The first kappa shape index (κ1) is 24.3. The van der Waals surface area contributed by atoms with Gasteiger partial charge in [-0.2, -0.15) is 0 Å². The van der Waals surface area contributed by atoms with Gasteiger partial charge >= 0.3 is 5.97 Å². The first-order chi connectivity index (χ1) is 16.9. The maximum absolute atomic E-state index is 12.3. The minimum Gasteiger partial charge on any atom is -0.491 e. The Balaban J connectivity index is 1.19. The first-order valence-corrected chi connectivity index (χ1v) is 11.8. The topological polar surface area (TPSA) is 135 Å². The van der Waals surface area contributed by atoms with Gasteiger partial charge in [-0.1, -0.05) is 36.4 Å². The van der Waals surface area contributed by atoms with Crippen LogP contribution in [0, 0.1) is 11.3 Å². The number of benzene rings is 2. The maximum atomic E-state index is 12.3. The summed E-state index contributed by atoms with van der Waals surface area (Å²) in [4.78, 5) is 37.7. The Morgan fingerprint density at radius 3 is 2.40 bits per heavy atom. The van der Waals surface area contributed by atoms with Crippen molar-refractivity contribution in [2.75, 3.05) is 26.3 Å². The van der Waals surface area contributed by atoms with Crippen molar-refractivity contribution in [3.63, 3.8) is 0 Å². The molecule has 0 unspecified atom stereocenters. The Bertz CT molecular complexity index is 1080. The number of rotatable bonds is 10. The highest BCUT2D eigenvalue weighted by Crippen LogP contribution is 2.24. The van der Waals surface area contributed by atoms with Gasteiger partial charge in [0.25, 0.3) is 0 Å². The van der Waals surface area contributed by atoms with E-state index in [1.807, 2.05) is 48.5 Å². The fourth-order valence-electron chi connectivity index (χ4n) is 4.37. The van der Waals surface area contributed by atoms with Crippen LogP contribution in [-0.4, -0.2) is 60.9 Å². The van der Waals surface area contributed by atoms with Gasteiger partial charge in [-0.15, -0.1) is 0 Å². The summed E-state index contributed by atoms with van der Waals surface area (Å²) >= 11 is 0. The lowest BCUT2D eigenvalue weighted by molar-refractivity contribution is -0.147. The van der Waals surface area contributed by atoms with Crippen LogP contribution in [0.25, 0.3) is 11.1 Å². The van der Waals surface area contributed by atoms with Crippen LogP contribution in [0.5, 0.6) is 5.75 Å². The summed E-state index contributed by atoms with van der Waals surface area (Å²) in [6.07, 6.45) is 1.92. The molecule has 35 heavy (non-hydrogen) atoms. The number of amidine groups is 1. The van der Waals surface area contributed by atoms with Gasteiger partial charge in [-0.05, 0) is 36.1 Å². The van der Waals surface area contributed by atoms with Gasteiger partial charge in [0.2, 0.25) is 11.8 Å². The van der Waals surface area contributed by atoms with E-state index in [0.717, 1.165) is 17.5 Å². The van der Waals surface area contributed by atoms with E-state index in [4.69, 9.17) is 20.6 Å². The normalized spacial score (nSPS) is 19.5. The van der Waals surface area contributed by atoms with Gasteiger partial charge in [0.05, 0.1) is 24.9 Å². The van der Waals surface area contributed by atoms with E-state index in [2.05, 4.69) is 5.32 Å². The Morgan fingerprint density at radius 2 is 1.77 bits per heavy atom. The van der Waals surface area contributed by atoms with Gasteiger partial charge < -0.3 is 25.4 Å². The number of nitrogens with one attached hydrogen (secondary N) is 2. The molecule has 184 valence electrons. The van der Waals surface area contributed by atoms with E-state index in [0.29, 0.717) is 43.9 Å². The molecule has 2 heterocycles. The van der Waals surface area contributed by atoms with Crippen LogP contribution in [0.2, 0.25) is 0 Å². The number of ether oxygens (including phenoxy) is 2. The minimum atomic E-state index is -0.440. The SMILES string of the molecule is N=C(N)c1ccc(-c2ccc(OC[C@@H]3C[C@@H](CC(=O)OCCN4CCCC4=O)C(=O)N3)cc2)cc1. The van der Waals surface area contributed by atoms with Crippen LogP contribution in [0.3, 0.4) is 0 Å². The number of hydrogen-bond donors (Lipinski definition) is 3. The molecule has 2 saturated heterocycles. The molecule has 0 aliphatic carbocycles. The Kier molecular flexibility index (Phi) is 7.64. The highest BCUT2D eigenvalue weighted by Gasteiger charge is 2.34. The number of amides is 2. The smallest absolute Gasteiger partial charge is 0.306 e. The minimum absolute atomic E-state index is 0.0212. The number of nitrogen functional groups attached to an aromatic ring is 1. The van der Waals surface area contributed by atoms with Crippen molar-refractivity contribution in [1.82, 2.24) is 10.2 Å². The summed E-state index contributed by atoms with van der Waals surface area (Å²) in [5.74, 6) is -0.224. The molecule has 2 amide bonds. The summed E-state index contributed by atoms with van der Waals surface area (Å²) in [6, 6.07) is 14.9. The van der Waals surface area contributed by atoms with Crippen LogP contribution < -0.4 is 15.8 Å². The molecule has 0 spiro atoms. The maximum Gasteiger partial charge on any atom is 0.306 e. The van der Waals surface area contributed by atoms with Crippen LogP contribution in [-0.2, 0) is 19.1 Å². The molecule has 9 nitrogen and oxygen atoms in total. The molecule has 0 aromatic heterocycles. The number of esters is 1. The third kappa shape index (κ3) is 6.38. The standard InChI is InChI=1S/C26H30N4O5/c27-25(28)19-5-3-17(4-6-19)18-7-9-22(10-8-18)35-16-21-14-20(26(33)29-21)15-24(32)34-13-12-30-11-1-2-23(30)31/h3-10,20-21H,1-2,11-16H2,(H3,27,28)(H,29,33)/t20-,21-/m0/s1. The van der Waals surface area contributed by atoms with Crippen molar-refractivity contribution in [3.05, 3.63) is 54.1 Å². The second-order valence-corrected chi connectivity index (χ2v) is 8.87. The molecule has 0 saturated carbocycles. The monoisotopic (exact) mass is 478 g/mol. The number of nitrogens with zero attached hydrogens (tertiary/aromatic N) is 1. The third-order valence-corrected chi connectivity index (χ3v) is 6.33. The summed E-state index contributed by atoms with van der Waals surface area (Å²) in [5, 5.41) is 10.4. The molecule has 0 bridgehead atoms. The summed E-state index contributed by atoms with van der Waals surface area (Å²) in [7, 11) is 0. The van der Waals surface area contributed by atoms with Crippen LogP contribution in [0.4, 0.5) is 0 Å². The van der Waals surface area contributed by atoms with Gasteiger partial charge in [0.1, 0.15) is 24.8 Å². The van der Waals surface area contributed by atoms with Crippen LogP contribution in [0.1, 0.15) is 31.2 Å². The number of hydrogen-bond acceptors (Lipinski definition) is 6. The number of likely N-dealkylation sites (tertiary alicyclic amines) is 1. The quantitative estimate of drug-likeness (QED) is 0.272. The van der Waals surface area contributed by atoms with Gasteiger partial charge in [0, 0.05) is 18.5 Å². The molecule has 4 rings (SSSR count). The zero-order valence-corrected chi connectivity index (χ0v) is 19.5. The van der Waals surface area contributed by atoms with Crippen LogP contribution in [0.15, 0.2) is 48.5 Å². The summed E-state index contributed by atoms with van der Waals surface area (Å²) < 4.78 is 11.1. The van der Waals surface area contributed by atoms with Crippen molar-refractivity contribution < 1.29 is 23.9 Å². The van der Waals surface area contributed by atoms with Crippen molar-refractivity contribution in [2.45, 2.75) is 31.7 Å². The van der Waals surface area contributed by atoms with E-state index >= 15 is 0 Å². The third-order valence-electron chi connectivity index (χ3n) is 6.33. The van der Waals surface area contributed by atoms with Gasteiger partial charge in [-0.25, -0.2) is 0 Å². The molecule has 2 aromatic carbocycles. The molecule has 2 atom stereocenters. The lowest BCUT2D eigenvalue weighted by Gasteiger charge is -2.15. The lowest BCUT2D eigenvalue weighted by atomic mass is 10.0. The van der Waals surface area contributed by atoms with E-state index in [-0.39, 0.29) is 36.7 Å². The average Bonchev–Trinajstić information content (AvgIpc) is 3.42. The molecular weight excluding hydrogens is 448 g/mol.